The highest BCUT2D eigenvalue weighted by molar-refractivity contribution is 6.10. The average molecular weight is 353 g/mol. The van der Waals surface area contributed by atoms with E-state index in [-0.39, 0.29) is 17.0 Å². The Hall–Kier alpha value is -2.56. The molecule has 0 spiro atoms. The first-order chi connectivity index (χ1) is 12.1. The number of alkyl halides is 1. The smallest absolute Gasteiger partial charge is 0.270 e. The summed E-state index contributed by atoms with van der Waals surface area (Å²) in [5.74, 6) is -0.316. The molecule has 1 aromatic rings. The van der Waals surface area contributed by atoms with Gasteiger partial charge in [0, 0.05) is 23.3 Å². The summed E-state index contributed by atoms with van der Waals surface area (Å²) in [4.78, 5) is 22.0. The van der Waals surface area contributed by atoms with Crippen molar-refractivity contribution in [1.82, 2.24) is 0 Å². The fraction of sp³-hybridized carbons (Fsp3) is 0.350. The van der Waals surface area contributed by atoms with Gasteiger partial charge in [0.1, 0.15) is 0 Å². The summed E-state index contributed by atoms with van der Waals surface area (Å²) in [5.41, 5.74) is 0.491. The van der Waals surface area contributed by atoms with E-state index in [4.69, 9.17) is 0 Å². The zero-order valence-electron chi connectivity index (χ0n) is 16.5. The van der Waals surface area contributed by atoms with Crippen LogP contribution < -0.4 is 0 Å². The van der Waals surface area contributed by atoms with E-state index < -0.39 is 4.92 Å². The van der Waals surface area contributed by atoms with Gasteiger partial charge in [-0.1, -0.05) is 85.1 Å². The van der Waals surface area contributed by atoms with Gasteiger partial charge in [0.15, 0.2) is 5.78 Å². The molecule has 0 aliphatic heterocycles. The van der Waals surface area contributed by atoms with E-state index >= 15 is 0 Å². The maximum Gasteiger partial charge on any atom is 0.270 e. The fourth-order valence-electron chi connectivity index (χ4n) is 1.29. The standard InChI is InChI=1S/C13H11NO3.3C2H6.CH3F/c1-3-6-10(4-2)13(15)11-7-5-8-12(9-11)14(16)17;4*1-2/h3-9H,1-2H2;3*1-2H3;1H3/b10-6+;;;;. The van der Waals surface area contributed by atoms with Gasteiger partial charge in [0.2, 0.25) is 0 Å². The number of nitrogens with zero attached hydrogens (tertiary/aromatic N) is 1. The fourth-order valence-corrected chi connectivity index (χ4v) is 1.29. The Balaban J connectivity index is -0.000000241. The van der Waals surface area contributed by atoms with Crippen LogP contribution in [0, 0.1) is 10.1 Å². The van der Waals surface area contributed by atoms with Crippen LogP contribution in [0.5, 0.6) is 0 Å². The Morgan fingerprint density at radius 1 is 1.08 bits per heavy atom. The molecule has 0 N–H and O–H groups in total. The van der Waals surface area contributed by atoms with Crippen molar-refractivity contribution < 1.29 is 14.1 Å². The number of nitro groups is 1. The molecule has 0 unspecified atom stereocenters. The number of carbonyl (C=O) groups excluding carboxylic acids is 1. The number of Topliss-reactive ketones (excluding diaryl/α,β-unsaturated/α-hetero) is 1. The van der Waals surface area contributed by atoms with Crippen LogP contribution in [0.25, 0.3) is 0 Å². The van der Waals surface area contributed by atoms with Crippen molar-refractivity contribution in [1.29, 1.82) is 0 Å². The van der Waals surface area contributed by atoms with Crippen molar-refractivity contribution in [3.05, 3.63) is 76.9 Å². The lowest BCUT2D eigenvalue weighted by Crippen LogP contribution is -2.02. The molecule has 0 aliphatic rings. The molecular weight excluding hydrogens is 321 g/mol. The molecule has 0 radical (unpaired) electrons. The van der Waals surface area contributed by atoms with Gasteiger partial charge < -0.3 is 0 Å². The molecule has 0 saturated carbocycles. The zero-order valence-corrected chi connectivity index (χ0v) is 16.5. The van der Waals surface area contributed by atoms with Crippen molar-refractivity contribution in [3.63, 3.8) is 0 Å². The van der Waals surface area contributed by atoms with E-state index in [0.717, 1.165) is 0 Å². The second-order valence-electron chi connectivity index (χ2n) is 3.20. The van der Waals surface area contributed by atoms with Gasteiger partial charge in [-0.25, -0.2) is 0 Å². The summed E-state index contributed by atoms with van der Waals surface area (Å²) in [5, 5.41) is 10.6. The highest BCUT2D eigenvalue weighted by Crippen LogP contribution is 2.16. The van der Waals surface area contributed by atoms with Crippen molar-refractivity contribution in [3.8, 4) is 0 Å². The number of nitro benzene ring substituents is 1. The second-order valence-corrected chi connectivity index (χ2v) is 3.20. The number of ketones is 1. The molecule has 142 valence electrons. The number of hydrogen-bond acceptors (Lipinski definition) is 3. The number of benzene rings is 1. The molecule has 1 rings (SSSR count). The number of non-ortho nitro benzene ring substituents is 1. The van der Waals surface area contributed by atoms with Crippen LogP contribution in [0.4, 0.5) is 10.1 Å². The second kappa shape index (κ2) is 23.7. The molecule has 1 aromatic carbocycles. The number of carbonyl (C=O) groups is 1. The van der Waals surface area contributed by atoms with E-state index in [1.165, 1.54) is 42.5 Å². The third-order valence-electron chi connectivity index (χ3n) is 2.10. The van der Waals surface area contributed by atoms with Crippen LogP contribution in [-0.4, -0.2) is 17.9 Å². The number of rotatable bonds is 5. The van der Waals surface area contributed by atoms with Crippen LogP contribution in [0.15, 0.2) is 61.2 Å². The van der Waals surface area contributed by atoms with E-state index in [2.05, 4.69) is 13.2 Å². The highest BCUT2D eigenvalue weighted by Gasteiger charge is 2.13. The first-order valence-electron chi connectivity index (χ1n) is 8.22. The lowest BCUT2D eigenvalue weighted by atomic mass is 10.0. The Kier molecular flexibility index (Phi) is 28.8. The molecule has 0 fully saturated rings. The summed E-state index contributed by atoms with van der Waals surface area (Å²) >= 11 is 0. The number of hydrogen-bond donors (Lipinski definition) is 0. The largest absolute Gasteiger partial charge is 0.289 e. The van der Waals surface area contributed by atoms with Gasteiger partial charge in [-0.05, 0) is 0 Å². The Morgan fingerprint density at radius 2 is 1.56 bits per heavy atom. The van der Waals surface area contributed by atoms with E-state index in [1.54, 1.807) is 0 Å². The molecule has 0 amide bonds. The summed E-state index contributed by atoms with van der Waals surface area (Å²) in [6.07, 6.45) is 4.36. The summed E-state index contributed by atoms with van der Waals surface area (Å²) < 4.78 is 9.50. The van der Waals surface area contributed by atoms with Gasteiger partial charge >= 0.3 is 0 Å². The first kappa shape index (κ1) is 30.3. The molecule has 5 heteroatoms. The third-order valence-corrected chi connectivity index (χ3v) is 2.10. The molecule has 0 bridgehead atoms. The minimum Gasteiger partial charge on any atom is -0.289 e. The van der Waals surface area contributed by atoms with E-state index in [1.807, 2.05) is 41.5 Å². The maximum atomic E-state index is 11.9. The van der Waals surface area contributed by atoms with Crippen LogP contribution in [0.2, 0.25) is 0 Å². The number of allylic oxidation sites excluding steroid dienone is 4. The van der Waals surface area contributed by atoms with Gasteiger partial charge in [0.25, 0.3) is 5.69 Å². The molecule has 0 saturated heterocycles. The first-order valence-corrected chi connectivity index (χ1v) is 8.22. The molecule has 0 atom stereocenters. The summed E-state index contributed by atoms with van der Waals surface area (Å²) in [6, 6.07) is 5.57. The third kappa shape index (κ3) is 13.6. The van der Waals surface area contributed by atoms with Crippen molar-refractivity contribution in [2.75, 3.05) is 7.18 Å². The van der Waals surface area contributed by atoms with Crippen molar-refractivity contribution >= 4 is 11.5 Å². The van der Waals surface area contributed by atoms with Crippen molar-refractivity contribution in [2.45, 2.75) is 41.5 Å². The van der Waals surface area contributed by atoms with Crippen LogP contribution in [0.1, 0.15) is 51.9 Å². The quantitative estimate of drug-likeness (QED) is 0.194. The van der Waals surface area contributed by atoms with Gasteiger partial charge in [-0.15, -0.1) is 0 Å². The topological polar surface area (TPSA) is 60.2 Å². The average Bonchev–Trinajstić information content (AvgIpc) is 2.71. The van der Waals surface area contributed by atoms with Crippen LogP contribution >= 0.6 is 0 Å². The molecule has 0 aromatic heterocycles. The predicted octanol–water partition coefficient (Wildman–Crippen LogP) is 6.74. The van der Waals surface area contributed by atoms with Crippen LogP contribution in [0.3, 0.4) is 0 Å². The minimum atomic E-state index is -0.540. The van der Waals surface area contributed by atoms with E-state index in [9.17, 15) is 19.3 Å². The lowest BCUT2D eigenvalue weighted by molar-refractivity contribution is -0.384. The SMILES string of the molecule is C=C/C=C(\C=C)C(=O)c1cccc([N+](=O)[O-])c1.CC.CC.CC.CF. The lowest BCUT2D eigenvalue weighted by Gasteiger charge is -2.00. The Labute approximate surface area is 151 Å². The van der Waals surface area contributed by atoms with Crippen molar-refractivity contribution in [2.24, 2.45) is 0 Å². The Bertz CT molecular complexity index is 523. The summed E-state index contributed by atoms with van der Waals surface area (Å²) in [6.45, 7) is 19.0. The predicted molar refractivity (Wildman–Crippen MR) is 107 cm³/mol. The van der Waals surface area contributed by atoms with Gasteiger partial charge in [0.05, 0.1) is 12.1 Å². The summed E-state index contributed by atoms with van der Waals surface area (Å²) in [7, 11) is 0.500. The molecule has 0 heterocycles. The minimum absolute atomic E-state index is 0.113. The van der Waals surface area contributed by atoms with Gasteiger partial charge in [-0.3, -0.25) is 19.3 Å². The highest BCUT2D eigenvalue weighted by atomic mass is 19.1. The molecular formula is C20H32FNO3. The molecule has 4 nitrogen and oxygen atoms in total. The van der Waals surface area contributed by atoms with E-state index in [0.29, 0.717) is 12.8 Å². The number of halogens is 1. The molecule has 25 heavy (non-hydrogen) atoms. The van der Waals surface area contributed by atoms with Crippen LogP contribution in [-0.2, 0) is 0 Å². The Morgan fingerprint density at radius 3 is 1.92 bits per heavy atom. The monoisotopic (exact) mass is 353 g/mol. The zero-order chi connectivity index (χ0) is 20.8. The van der Waals surface area contributed by atoms with Gasteiger partial charge in [-0.2, -0.15) is 0 Å². The maximum absolute atomic E-state index is 11.9. The normalized spacial score (nSPS) is 8.24. The molecule has 0 aliphatic carbocycles.